The highest BCUT2D eigenvalue weighted by atomic mass is 16.5. The third-order valence-electron chi connectivity index (χ3n) is 4.33. The number of carbonyl (C=O) groups is 2. The molecule has 126 valence electrons. The topological polar surface area (TPSA) is 55.8 Å². The summed E-state index contributed by atoms with van der Waals surface area (Å²) in [5, 5.41) is 0. The smallest absolute Gasteiger partial charge is 0.271 e. The maximum absolute atomic E-state index is 13.1. The normalized spacial score (nSPS) is 16.1. The maximum Gasteiger partial charge on any atom is 0.271 e. The lowest BCUT2D eigenvalue weighted by Gasteiger charge is -2.43. The van der Waals surface area contributed by atoms with Gasteiger partial charge in [-0.15, -0.1) is 0 Å². The number of methoxy groups -OCH3 is 1. The number of nitrogens with zero attached hydrogens (tertiary/aromatic N) is 1. The molecule has 0 N–H and O–H groups in total. The zero-order valence-corrected chi connectivity index (χ0v) is 14.5. The van der Waals surface area contributed by atoms with Gasteiger partial charge < -0.3 is 14.4 Å². The highest BCUT2D eigenvalue weighted by Crippen LogP contribution is 2.47. The number of hydrogen-bond donors (Lipinski definition) is 0. The Hall–Kier alpha value is -2.04. The summed E-state index contributed by atoms with van der Waals surface area (Å²) in [5.41, 5.74) is 0.201. The summed E-state index contributed by atoms with van der Waals surface area (Å²) in [6.45, 7) is 8.59. The lowest BCUT2D eigenvalue weighted by molar-refractivity contribution is -0.136. The first-order valence-corrected chi connectivity index (χ1v) is 8.10. The van der Waals surface area contributed by atoms with Gasteiger partial charge in [0, 0.05) is 12.1 Å². The zero-order valence-electron chi connectivity index (χ0n) is 14.5. The van der Waals surface area contributed by atoms with E-state index in [9.17, 15) is 9.59 Å². The van der Waals surface area contributed by atoms with Gasteiger partial charge in [0.1, 0.15) is 6.29 Å². The van der Waals surface area contributed by atoms with Crippen LogP contribution in [0.5, 0.6) is 11.5 Å². The van der Waals surface area contributed by atoms with Crippen LogP contribution in [0, 0.1) is 5.92 Å². The number of anilines is 1. The van der Waals surface area contributed by atoms with Crippen LogP contribution in [0.15, 0.2) is 12.1 Å². The van der Waals surface area contributed by atoms with E-state index in [-0.39, 0.29) is 5.91 Å². The minimum Gasteiger partial charge on any atom is -0.493 e. The predicted molar refractivity (Wildman–Crippen MR) is 89.5 cm³/mol. The van der Waals surface area contributed by atoms with Gasteiger partial charge >= 0.3 is 0 Å². The monoisotopic (exact) mass is 319 g/mol. The minimum atomic E-state index is -0.877. The first-order valence-electron chi connectivity index (χ1n) is 8.10. The molecule has 0 aliphatic carbocycles. The molecule has 1 aliphatic rings. The third kappa shape index (κ3) is 2.92. The van der Waals surface area contributed by atoms with Crippen molar-refractivity contribution in [1.82, 2.24) is 0 Å². The van der Waals surface area contributed by atoms with Crippen LogP contribution in [-0.2, 0) is 4.79 Å². The largest absolute Gasteiger partial charge is 0.493 e. The molecule has 0 radical (unpaired) electrons. The second kappa shape index (κ2) is 6.60. The van der Waals surface area contributed by atoms with E-state index in [0.29, 0.717) is 48.1 Å². The summed E-state index contributed by atoms with van der Waals surface area (Å²) in [5.74, 6) is 1.27. The number of hydrogen-bond acceptors (Lipinski definition) is 4. The molecule has 0 saturated heterocycles. The van der Waals surface area contributed by atoms with Crippen molar-refractivity contribution in [3.05, 3.63) is 17.7 Å². The van der Waals surface area contributed by atoms with Gasteiger partial charge in [-0.25, -0.2) is 0 Å². The average Bonchev–Trinajstić information content (AvgIpc) is 2.56. The van der Waals surface area contributed by atoms with Crippen LogP contribution in [0.1, 0.15) is 50.9 Å². The molecular formula is C18H25NO4. The number of amides is 1. The van der Waals surface area contributed by atoms with Gasteiger partial charge in [-0.3, -0.25) is 9.59 Å². The van der Waals surface area contributed by atoms with Gasteiger partial charge in [-0.2, -0.15) is 0 Å². The third-order valence-corrected chi connectivity index (χ3v) is 4.33. The Labute approximate surface area is 137 Å². The number of carbonyl (C=O) groups excluding carboxylic acids is 2. The Morgan fingerprint density at radius 3 is 2.43 bits per heavy atom. The molecule has 0 spiro atoms. The molecule has 1 heterocycles. The van der Waals surface area contributed by atoms with Crippen LogP contribution in [0.25, 0.3) is 0 Å². The van der Waals surface area contributed by atoms with Crippen molar-refractivity contribution in [2.45, 2.75) is 46.1 Å². The molecule has 23 heavy (non-hydrogen) atoms. The molecule has 5 heteroatoms. The summed E-state index contributed by atoms with van der Waals surface area (Å²) >= 11 is 0. The van der Waals surface area contributed by atoms with E-state index in [2.05, 4.69) is 13.8 Å². The van der Waals surface area contributed by atoms with E-state index in [4.69, 9.17) is 9.47 Å². The van der Waals surface area contributed by atoms with Crippen LogP contribution in [-0.4, -0.2) is 31.4 Å². The second-order valence-electron chi connectivity index (χ2n) is 6.30. The van der Waals surface area contributed by atoms with E-state index in [1.807, 2.05) is 13.8 Å². The van der Waals surface area contributed by atoms with E-state index >= 15 is 0 Å². The van der Waals surface area contributed by atoms with Crippen molar-refractivity contribution < 1.29 is 19.1 Å². The summed E-state index contributed by atoms with van der Waals surface area (Å²) in [6.07, 6.45) is 1.91. The Bertz CT molecular complexity index is 605. The van der Waals surface area contributed by atoms with Crippen LogP contribution in [0.4, 0.5) is 5.69 Å². The molecule has 1 aromatic rings. The highest BCUT2D eigenvalue weighted by molar-refractivity contribution is 6.04. The standard InChI is InChI=1S/C18H25NO4/c1-6-18(7-2)17(21)19(10-12(3)4)14-8-13(11-20)9-15(22-5)16(14)23-18/h8-9,11-12H,6-7,10H2,1-5H3. The van der Waals surface area contributed by atoms with Crippen LogP contribution in [0.3, 0.4) is 0 Å². The Kier molecular flexibility index (Phi) is 4.97. The van der Waals surface area contributed by atoms with Gasteiger partial charge in [0.25, 0.3) is 5.91 Å². The Balaban J connectivity index is 2.68. The summed E-state index contributed by atoms with van der Waals surface area (Å²) < 4.78 is 11.5. The molecule has 5 nitrogen and oxygen atoms in total. The van der Waals surface area contributed by atoms with E-state index in [1.54, 1.807) is 17.0 Å². The van der Waals surface area contributed by atoms with E-state index in [0.717, 1.165) is 6.29 Å². The maximum atomic E-state index is 13.1. The van der Waals surface area contributed by atoms with E-state index in [1.165, 1.54) is 7.11 Å². The number of benzene rings is 1. The van der Waals surface area contributed by atoms with Crippen LogP contribution >= 0.6 is 0 Å². The fourth-order valence-corrected chi connectivity index (χ4v) is 2.97. The molecule has 0 saturated carbocycles. The summed E-state index contributed by atoms with van der Waals surface area (Å²) in [6, 6.07) is 3.34. The second-order valence-corrected chi connectivity index (χ2v) is 6.30. The number of ether oxygens (including phenoxy) is 2. The fraction of sp³-hybridized carbons (Fsp3) is 0.556. The predicted octanol–water partition coefficient (Wildman–Crippen LogP) is 3.45. The van der Waals surface area contributed by atoms with Crippen molar-refractivity contribution in [3.63, 3.8) is 0 Å². The molecule has 1 aromatic carbocycles. The highest BCUT2D eigenvalue weighted by Gasteiger charge is 2.47. The Morgan fingerprint density at radius 1 is 1.30 bits per heavy atom. The van der Waals surface area contributed by atoms with Crippen molar-refractivity contribution in [2.75, 3.05) is 18.6 Å². The zero-order chi connectivity index (χ0) is 17.2. The van der Waals surface area contributed by atoms with E-state index < -0.39 is 5.60 Å². The van der Waals surface area contributed by atoms with Crippen LogP contribution in [0.2, 0.25) is 0 Å². The van der Waals surface area contributed by atoms with Gasteiger partial charge in [0.15, 0.2) is 17.1 Å². The van der Waals surface area contributed by atoms with Gasteiger partial charge in [-0.1, -0.05) is 27.7 Å². The SMILES string of the molecule is CCC1(CC)Oc2c(OC)cc(C=O)cc2N(CC(C)C)C1=O. The molecule has 0 atom stereocenters. The molecule has 0 fully saturated rings. The molecule has 0 unspecified atom stereocenters. The fourth-order valence-electron chi connectivity index (χ4n) is 2.97. The molecule has 0 bridgehead atoms. The summed E-state index contributed by atoms with van der Waals surface area (Å²) in [4.78, 5) is 26.0. The van der Waals surface area contributed by atoms with Gasteiger partial charge in [0.2, 0.25) is 0 Å². The number of aldehydes is 1. The number of rotatable bonds is 6. The Morgan fingerprint density at radius 2 is 1.96 bits per heavy atom. The molecule has 2 rings (SSSR count). The lowest BCUT2D eigenvalue weighted by atomic mass is 9.92. The van der Waals surface area contributed by atoms with Crippen molar-refractivity contribution in [1.29, 1.82) is 0 Å². The van der Waals surface area contributed by atoms with Crippen molar-refractivity contribution in [3.8, 4) is 11.5 Å². The van der Waals surface area contributed by atoms with Gasteiger partial charge in [-0.05, 0) is 30.9 Å². The average molecular weight is 319 g/mol. The van der Waals surface area contributed by atoms with Crippen molar-refractivity contribution in [2.24, 2.45) is 5.92 Å². The molecule has 1 aliphatic heterocycles. The molecular weight excluding hydrogens is 294 g/mol. The lowest BCUT2D eigenvalue weighted by Crippen LogP contribution is -2.56. The molecule has 0 aromatic heterocycles. The minimum absolute atomic E-state index is 0.0474. The molecule has 1 amide bonds. The quantitative estimate of drug-likeness (QED) is 0.754. The van der Waals surface area contributed by atoms with Crippen molar-refractivity contribution >= 4 is 17.9 Å². The van der Waals surface area contributed by atoms with Gasteiger partial charge in [0.05, 0.1) is 12.8 Å². The van der Waals surface area contributed by atoms with Crippen LogP contribution < -0.4 is 14.4 Å². The first kappa shape index (κ1) is 17.3. The number of fused-ring (bicyclic) bond motifs is 1. The summed E-state index contributed by atoms with van der Waals surface area (Å²) in [7, 11) is 1.54. The first-order chi connectivity index (χ1) is 10.9.